The van der Waals surface area contributed by atoms with E-state index in [4.69, 9.17) is 4.74 Å². The van der Waals surface area contributed by atoms with Crippen LogP contribution in [-0.2, 0) is 17.6 Å². The van der Waals surface area contributed by atoms with Crippen molar-refractivity contribution in [1.82, 2.24) is 14.9 Å². The van der Waals surface area contributed by atoms with Crippen LogP contribution in [0.3, 0.4) is 0 Å². The number of alkyl halides is 2. The number of hydrogen-bond acceptors (Lipinski definition) is 7. The fraction of sp³-hybridized carbons (Fsp3) is 0.519. The summed E-state index contributed by atoms with van der Waals surface area (Å²) in [5.74, 6) is 0.838. The number of methoxy groups -OCH3 is 1. The molecule has 1 fully saturated rings. The minimum atomic E-state index is -2.36. The van der Waals surface area contributed by atoms with Crippen LogP contribution in [-0.4, -0.2) is 73.5 Å². The molecule has 2 aromatic heterocycles. The van der Waals surface area contributed by atoms with E-state index in [1.54, 1.807) is 18.1 Å². The molecule has 0 aliphatic carbocycles. The van der Waals surface area contributed by atoms with Gasteiger partial charge in [0.25, 0.3) is 6.43 Å². The van der Waals surface area contributed by atoms with E-state index in [1.165, 1.54) is 11.1 Å². The smallest absolute Gasteiger partial charge is 0.328 e. The number of nitrogens with one attached hydrogen (secondary N) is 1. The van der Waals surface area contributed by atoms with Gasteiger partial charge in [-0.15, -0.1) is 0 Å². The number of carbonyl (C=O) groups excluding carboxylic acids is 2. The van der Waals surface area contributed by atoms with Crippen molar-refractivity contribution in [2.45, 2.75) is 50.9 Å². The minimum absolute atomic E-state index is 0.0607. The van der Waals surface area contributed by atoms with Crippen molar-refractivity contribution in [3.8, 4) is 6.07 Å². The maximum absolute atomic E-state index is 13.3. The van der Waals surface area contributed by atoms with Gasteiger partial charge in [-0.05, 0) is 86.4 Å². The Labute approximate surface area is 220 Å². The van der Waals surface area contributed by atoms with Crippen LogP contribution in [0.25, 0.3) is 0 Å². The number of likely N-dealkylation sites (tertiary alicyclic amines) is 1. The highest BCUT2D eigenvalue weighted by molar-refractivity contribution is 6.01. The summed E-state index contributed by atoms with van der Waals surface area (Å²) < 4.78 is 30.6. The van der Waals surface area contributed by atoms with Crippen LogP contribution in [0, 0.1) is 11.3 Å². The SMILES string of the molecule is COCCCc1cc(NC(=O)N2CCCc3cc(C4CCN(CC(F)F)CC4)c(C=O)nc32)ncc1C#N. The molecular formula is C27H32F2N6O3. The van der Waals surface area contributed by atoms with Gasteiger partial charge in [0.15, 0.2) is 6.29 Å². The summed E-state index contributed by atoms with van der Waals surface area (Å²) >= 11 is 0. The van der Waals surface area contributed by atoms with Crippen LogP contribution in [0.4, 0.5) is 25.2 Å². The highest BCUT2D eigenvalue weighted by Crippen LogP contribution is 2.35. The molecule has 2 aliphatic heterocycles. The highest BCUT2D eigenvalue weighted by atomic mass is 19.3. The topological polar surface area (TPSA) is 111 Å². The molecule has 0 spiro atoms. The van der Waals surface area contributed by atoms with Gasteiger partial charge in [0.05, 0.1) is 12.1 Å². The summed E-state index contributed by atoms with van der Waals surface area (Å²) in [6.45, 7) is 1.85. The number of anilines is 2. The first kappa shape index (κ1) is 27.5. The average Bonchev–Trinajstić information content (AvgIpc) is 2.92. The molecule has 2 aromatic rings. The first-order chi connectivity index (χ1) is 18.4. The average molecular weight is 527 g/mol. The second-order valence-electron chi connectivity index (χ2n) is 9.65. The number of carbonyl (C=O) groups is 2. The molecule has 2 amide bonds. The zero-order valence-electron chi connectivity index (χ0n) is 21.5. The predicted molar refractivity (Wildman–Crippen MR) is 138 cm³/mol. The van der Waals surface area contributed by atoms with Crippen molar-refractivity contribution in [1.29, 1.82) is 5.26 Å². The fourth-order valence-corrected chi connectivity index (χ4v) is 5.23. The van der Waals surface area contributed by atoms with E-state index in [1.807, 2.05) is 6.07 Å². The van der Waals surface area contributed by atoms with E-state index in [2.05, 4.69) is 21.4 Å². The zero-order chi connectivity index (χ0) is 27.1. The summed E-state index contributed by atoms with van der Waals surface area (Å²) in [6.07, 6.45) is 3.95. The molecule has 11 heteroatoms. The summed E-state index contributed by atoms with van der Waals surface area (Å²) in [6, 6.07) is 5.38. The summed E-state index contributed by atoms with van der Waals surface area (Å²) in [5.41, 5.74) is 3.22. The van der Waals surface area contributed by atoms with Crippen molar-refractivity contribution in [2.75, 3.05) is 50.1 Å². The van der Waals surface area contributed by atoms with Gasteiger partial charge in [-0.1, -0.05) is 0 Å². The number of amides is 2. The Bertz CT molecular complexity index is 1190. The Morgan fingerprint density at radius 3 is 2.79 bits per heavy atom. The third-order valence-corrected chi connectivity index (χ3v) is 7.14. The number of urea groups is 1. The van der Waals surface area contributed by atoms with E-state index < -0.39 is 12.5 Å². The molecule has 2 aliphatic rings. The van der Waals surface area contributed by atoms with E-state index >= 15 is 0 Å². The van der Waals surface area contributed by atoms with Crippen LogP contribution in [0.5, 0.6) is 0 Å². The van der Waals surface area contributed by atoms with Gasteiger partial charge < -0.3 is 4.74 Å². The second-order valence-corrected chi connectivity index (χ2v) is 9.65. The first-order valence-electron chi connectivity index (χ1n) is 12.9. The van der Waals surface area contributed by atoms with Crippen LogP contribution < -0.4 is 10.2 Å². The lowest BCUT2D eigenvalue weighted by molar-refractivity contribution is 0.0753. The minimum Gasteiger partial charge on any atom is -0.385 e. The summed E-state index contributed by atoms with van der Waals surface area (Å²) in [5, 5.41) is 12.2. The lowest BCUT2D eigenvalue weighted by Crippen LogP contribution is -2.40. The number of hydrogen-bond donors (Lipinski definition) is 1. The Morgan fingerprint density at radius 1 is 1.32 bits per heavy atom. The summed E-state index contributed by atoms with van der Waals surface area (Å²) in [4.78, 5) is 37.4. The lowest BCUT2D eigenvalue weighted by atomic mass is 9.86. The highest BCUT2D eigenvalue weighted by Gasteiger charge is 2.30. The van der Waals surface area contributed by atoms with Crippen molar-refractivity contribution in [3.05, 3.63) is 46.3 Å². The Hall–Kier alpha value is -3.49. The number of rotatable bonds is 9. The standard InChI is InChI=1S/C27H32F2N6O3/c1-38-11-3-5-19-13-25(31-15-21(19)14-30)33-27(37)35-8-2-4-20-12-22(23(17-36)32-26(20)35)18-6-9-34(10-7-18)16-24(28)29/h12-13,15,17-18,24H,2-11,16H2,1H3,(H,31,33,37). The normalized spacial score (nSPS) is 16.2. The quantitative estimate of drug-likeness (QED) is 0.386. The first-order valence-corrected chi connectivity index (χ1v) is 12.9. The number of aldehydes is 1. The lowest BCUT2D eigenvalue weighted by Gasteiger charge is -2.34. The van der Waals surface area contributed by atoms with Crippen LogP contribution in [0.1, 0.15) is 64.3 Å². The monoisotopic (exact) mass is 526 g/mol. The third kappa shape index (κ3) is 6.49. The molecular weight excluding hydrogens is 494 g/mol. The molecule has 4 heterocycles. The van der Waals surface area contributed by atoms with Crippen molar-refractivity contribution in [3.63, 3.8) is 0 Å². The van der Waals surface area contributed by atoms with Crippen molar-refractivity contribution < 1.29 is 23.1 Å². The number of fused-ring (bicyclic) bond motifs is 1. The number of nitrogens with zero attached hydrogens (tertiary/aromatic N) is 5. The van der Waals surface area contributed by atoms with Gasteiger partial charge in [-0.25, -0.2) is 23.5 Å². The number of aryl methyl sites for hydroxylation is 2. The predicted octanol–water partition coefficient (Wildman–Crippen LogP) is 4.17. The molecule has 38 heavy (non-hydrogen) atoms. The zero-order valence-corrected chi connectivity index (χ0v) is 21.5. The molecule has 0 bridgehead atoms. The Morgan fingerprint density at radius 2 is 2.11 bits per heavy atom. The molecule has 9 nitrogen and oxygen atoms in total. The maximum Gasteiger partial charge on any atom is 0.328 e. The van der Waals surface area contributed by atoms with E-state index in [-0.39, 0.29) is 18.2 Å². The number of ether oxygens (including phenoxy) is 1. The molecule has 0 saturated carbocycles. The van der Waals surface area contributed by atoms with Gasteiger partial charge in [-0.2, -0.15) is 5.26 Å². The van der Waals surface area contributed by atoms with Crippen LogP contribution in [0.2, 0.25) is 0 Å². The van der Waals surface area contributed by atoms with Gasteiger partial charge in [0.1, 0.15) is 23.4 Å². The number of piperidine rings is 1. The van der Waals surface area contributed by atoms with Crippen LogP contribution >= 0.6 is 0 Å². The number of pyridine rings is 2. The molecule has 202 valence electrons. The van der Waals surface area contributed by atoms with Gasteiger partial charge in [-0.3, -0.25) is 19.9 Å². The largest absolute Gasteiger partial charge is 0.385 e. The summed E-state index contributed by atoms with van der Waals surface area (Å²) in [7, 11) is 1.62. The van der Waals surface area contributed by atoms with Crippen molar-refractivity contribution in [2.24, 2.45) is 0 Å². The second kappa shape index (κ2) is 12.8. The van der Waals surface area contributed by atoms with E-state index in [9.17, 15) is 23.6 Å². The Balaban J connectivity index is 1.51. The molecule has 0 aromatic carbocycles. The van der Waals surface area contributed by atoms with Gasteiger partial charge in [0.2, 0.25) is 0 Å². The maximum atomic E-state index is 13.3. The third-order valence-electron chi connectivity index (χ3n) is 7.14. The van der Waals surface area contributed by atoms with Crippen LogP contribution in [0.15, 0.2) is 18.3 Å². The molecule has 1 saturated heterocycles. The molecule has 4 rings (SSSR count). The van der Waals surface area contributed by atoms with Gasteiger partial charge in [0, 0.05) is 26.5 Å². The molecule has 1 N–H and O–H groups in total. The molecule has 0 radical (unpaired) electrons. The Kier molecular flexibility index (Phi) is 9.31. The van der Waals surface area contributed by atoms with Crippen molar-refractivity contribution >= 4 is 24.0 Å². The molecule has 0 atom stereocenters. The fourth-order valence-electron chi connectivity index (χ4n) is 5.23. The number of nitriles is 1. The number of halogens is 2. The molecule has 0 unspecified atom stereocenters. The van der Waals surface area contributed by atoms with Gasteiger partial charge >= 0.3 is 6.03 Å². The van der Waals surface area contributed by atoms with E-state index in [0.29, 0.717) is 69.0 Å². The number of aromatic nitrogens is 2. The van der Waals surface area contributed by atoms with E-state index in [0.717, 1.165) is 36.0 Å².